The highest BCUT2D eigenvalue weighted by Crippen LogP contribution is 2.36. The van der Waals surface area contributed by atoms with Gasteiger partial charge in [-0.05, 0) is 46.8 Å². The minimum atomic E-state index is -0.349. The molecule has 1 aromatic rings. The lowest BCUT2D eigenvalue weighted by atomic mass is 9.89. The van der Waals surface area contributed by atoms with Gasteiger partial charge in [-0.15, -0.1) is 0 Å². The fourth-order valence-corrected chi connectivity index (χ4v) is 1.90. The molecule has 0 N–H and O–H groups in total. The molecule has 1 aliphatic rings. The summed E-state index contributed by atoms with van der Waals surface area (Å²) in [7, 11) is -0.349. The molecule has 1 aliphatic heterocycles. The molecule has 0 aliphatic carbocycles. The monoisotopic (exact) mass is 275 g/mol. The molecule has 0 amide bonds. The average Bonchev–Trinajstić information content (AvgIpc) is 2.56. The highest BCUT2D eigenvalue weighted by Gasteiger charge is 2.49. The van der Waals surface area contributed by atoms with E-state index in [1.54, 1.807) is 0 Å². The fourth-order valence-electron chi connectivity index (χ4n) is 1.90. The molecule has 0 unspecified atom stereocenters. The van der Waals surface area contributed by atoms with Gasteiger partial charge in [-0.2, -0.15) is 0 Å². The molecule has 0 aromatic carbocycles. The molecule has 0 atom stereocenters. The lowest BCUT2D eigenvalue weighted by Gasteiger charge is -2.32. The summed E-state index contributed by atoms with van der Waals surface area (Å²) in [6.07, 6.45) is 1.89. The fraction of sp³-hybridized carbons (Fsp3) is 0.533. The number of pyridine rings is 1. The van der Waals surface area contributed by atoms with Crippen molar-refractivity contribution >= 4 is 13.2 Å². The number of rotatable bonds is 4. The Morgan fingerprint density at radius 3 is 2.45 bits per heavy atom. The Hall–Kier alpha value is -1.33. The van der Waals surface area contributed by atoms with E-state index in [9.17, 15) is 0 Å². The van der Waals surface area contributed by atoms with Gasteiger partial charge >= 0.3 is 7.12 Å². The second-order valence-electron chi connectivity index (χ2n) is 5.82. The Morgan fingerprint density at radius 2 is 1.85 bits per heavy atom. The first-order valence-electron chi connectivity index (χ1n) is 6.98. The Balaban J connectivity index is 2.06. The van der Waals surface area contributed by atoms with Crippen LogP contribution in [0.25, 0.3) is 6.08 Å². The smallest absolute Gasteiger partial charge is 0.478 e. The second-order valence-corrected chi connectivity index (χ2v) is 5.82. The van der Waals surface area contributed by atoms with E-state index in [-0.39, 0.29) is 18.3 Å². The van der Waals surface area contributed by atoms with Crippen LogP contribution < -0.4 is 4.74 Å². The van der Waals surface area contributed by atoms with Gasteiger partial charge in [0.25, 0.3) is 0 Å². The van der Waals surface area contributed by atoms with Gasteiger partial charge in [-0.3, -0.25) is 0 Å². The lowest BCUT2D eigenvalue weighted by Crippen LogP contribution is -2.41. The van der Waals surface area contributed by atoms with Gasteiger partial charge < -0.3 is 14.0 Å². The largest absolute Gasteiger partial charge is 0.487 e. The Kier molecular flexibility index (Phi) is 4.21. The number of hydrogen-bond donors (Lipinski definition) is 0. The highest BCUT2D eigenvalue weighted by molar-refractivity contribution is 6.52. The molecule has 1 fully saturated rings. The van der Waals surface area contributed by atoms with Gasteiger partial charge in [0.15, 0.2) is 0 Å². The van der Waals surface area contributed by atoms with Crippen molar-refractivity contribution in [3.8, 4) is 5.88 Å². The minimum Gasteiger partial charge on any atom is -0.478 e. The summed E-state index contributed by atoms with van der Waals surface area (Å²) in [6, 6.07) is 5.68. The van der Waals surface area contributed by atoms with Crippen LogP contribution in [0.15, 0.2) is 24.2 Å². The molecular weight excluding hydrogens is 253 g/mol. The van der Waals surface area contributed by atoms with E-state index in [0.717, 1.165) is 5.69 Å². The first kappa shape index (κ1) is 15.1. The number of aromatic nitrogens is 1. The molecule has 2 rings (SSSR count). The maximum atomic E-state index is 5.90. The van der Waals surface area contributed by atoms with Crippen molar-refractivity contribution in [1.29, 1.82) is 0 Å². The summed E-state index contributed by atoms with van der Waals surface area (Å²) in [6.45, 7) is 10.7. The van der Waals surface area contributed by atoms with E-state index < -0.39 is 0 Å². The minimum absolute atomic E-state index is 0.317. The van der Waals surface area contributed by atoms with Crippen molar-refractivity contribution in [1.82, 2.24) is 4.98 Å². The topological polar surface area (TPSA) is 40.6 Å². The molecule has 0 bridgehead atoms. The normalized spacial score (nSPS) is 20.6. The SMILES string of the molecule is CCOc1cccc(/C=C/B2OC(C)(C)C(C)(C)O2)n1. The summed E-state index contributed by atoms with van der Waals surface area (Å²) in [5, 5.41) is 0. The number of ether oxygens (including phenoxy) is 1. The summed E-state index contributed by atoms with van der Waals surface area (Å²) in [5.41, 5.74) is 0.191. The van der Waals surface area contributed by atoms with Gasteiger partial charge in [0.2, 0.25) is 5.88 Å². The third kappa shape index (κ3) is 3.22. The molecule has 0 radical (unpaired) electrons. The van der Waals surface area contributed by atoms with Crippen LogP contribution in [0.1, 0.15) is 40.3 Å². The summed E-state index contributed by atoms with van der Waals surface area (Å²) >= 11 is 0. The molecule has 1 aromatic heterocycles. The summed E-state index contributed by atoms with van der Waals surface area (Å²) in [4.78, 5) is 4.38. The highest BCUT2D eigenvalue weighted by atomic mass is 16.7. The zero-order valence-electron chi connectivity index (χ0n) is 12.8. The van der Waals surface area contributed by atoms with E-state index in [2.05, 4.69) is 4.98 Å². The van der Waals surface area contributed by atoms with E-state index in [4.69, 9.17) is 14.0 Å². The molecule has 1 saturated heterocycles. The molecule has 108 valence electrons. The lowest BCUT2D eigenvalue weighted by molar-refractivity contribution is 0.00578. The van der Waals surface area contributed by atoms with Crippen LogP contribution in [0, 0.1) is 0 Å². The summed E-state index contributed by atoms with van der Waals surface area (Å²) in [5.74, 6) is 2.51. The summed E-state index contributed by atoms with van der Waals surface area (Å²) < 4.78 is 17.2. The predicted octanol–water partition coefficient (Wildman–Crippen LogP) is 3.12. The zero-order valence-corrected chi connectivity index (χ0v) is 12.8. The van der Waals surface area contributed by atoms with Gasteiger partial charge in [0.05, 0.1) is 23.5 Å². The van der Waals surface area contributed by atoms with E-state index in [1.807, 2.05) is 64.9 Å². The molecule has 0 spiro atoms. The average molecular weight is 275 g/mol. The van der Waals surface area contributed by atoms with Crippen LogP contribution in [-0.2, 0) is 9.31 Å². The molecule has 0 saturated carbocycles. The van der Waals surface area contributed by atoms with Crippen molar-refractivity contribution in [2.75, 3.05) is 6.61 Å². The molecule has 5 heteroatoms. The Labute approximate surface area is 121 Å². The van der Waals surface area contributed by atoms with Crippen LogP contribution in [0.3, 0.4) is 0 Å². The predicted molar refractivity (Wildman–Crippen MR) is 80.5 cm³/mol. The van der Waals surface area contributed by atoms with Crippen molar-refractivity contribution in [3.63, 3.8) is 0 Å². The third-order valence-electron chi connectivity index (χ3n) is 3.73. The van der Waals surface area contributed by atoms with Crippen molar-refractivity contribution in [2.24, 2.45) is 0 Å². The van der Waals surface area contributed by atoms with E-state index in [0.29, 0.717) is 12.5 Å². The molecule has 20 heavy (non-hydrogen) atoms. The number of nitrogens with zero attached hydrogens (tertiary/aromatic N) is 1. The number of hydrogen-bond acceptors (Lipinski definition) is 4. The molecule has 2 heterocycles. The standard InChI is InChI=1S/C15H22BNO3/c1-6-18-13-9-7-8-12(17-13)10-11-16-19-14(2,3)15(4,5)20-16/h7-11H,6H2,1-5H3/b11-10+. The van der Waals surface area contributed by atoms with Crippen LogP contribution in [0.5, 0.6) is 5.88 Å². The van der Waals surface area contributed by atoms with Crippen LogP contribution in [-0.4, -0.2) is 29.9 Å². The maximum Gasteiger partial charge on any atom is 0.487 e. The quantitative estimate of drug-likeness (QED) is 0.791. The zero-order chi connectivity index (χ0) is 14.8. The van der Waals surface area contributed by atoms with Crippen LogP contribution in [0.2, 0.25) is 0 Å². The first-order valence-corrected chi connectivity index (χ1v) is 6.98. The molecule has 4 nitrogen and oxygen atoms in total. The Bertz CT molecular complexity index is 484. The first-order chi connectivity index (χ1) is 9.34. The van der Waals surface area contributed by atoms with Gasteiger partial charge in [0, 0.05) is 6.07 Å². The van der Waals surface area contributed by atoms with E-state index in [1.165, 1.54) is 0 Å². The van der Waals surface area contributed by atoms with Crippen molar-refractivity contribution in [3.05, 3.63) is 29.9 Å². The van der Waals surface area contributed by atoms with Crippen molar-refractivity contribution < 1.29 is 14.0 Å². The second kappa shape index (κ2) is 5.58. The molecular formula is C15H22BNO3. The van der Waals surface area contributed by atoms with Gasteiger partial charge in [0.1, 0.15) is 0 Å². The van der Waals surface area contributed by atoms with Gasteiger partial charge in [-0.25, -0.2) is 4.98 Å². The van der Waals surface area contributed by atoms with Crippen molar-refractivity contribution in [2.45, 2.75) is 45.8 Å². The Morgan fingerprint density at radius 1 is 1.20 bits per heavy atom. The van der Waals surface area contributed by atoms with Gasteiger partial charge in [-0.1, -0.05) is 12.0 Å². The van der Waals surface area contributed by atoms with Crippen LogP contribution in [0.4, 0.5) is 0 Å². The maximum absolute atomic E-state index is 5.90. The van der Waals surface area contributed by atoms with Crippen LogP contribution >= 0.6 is 0 Å². The van der Waals surface area contributed by atoms with E-state index >= 15 is 0 Å². The third-order valence-corrected chi connectivity index (χ3v) is 3.73.